The van der Waals surface area contributed by atoms with E-state index in [0.717, 1.165) is 26.2 Å². The number of benzene rings is 2. The summed E-state index contributed by atoms with van der Waals surface area (Å²) in [6.45, 7) is 8.20. The molecule has 1 aliphatic rings. The summed E-state index contributed by atoms with van der Waals surface area (Å²) in [4.78, 5) is 4.81. The van der Waals surface area contributed by atoms with Gasteiger partial charge in [-0.2, -0.15) is 0 Å². The van der Waals surface area contributed by atoms with Crippen LogP contribution < -0.4 is 0 Å². The van der Waals surface area contributed by atoms with Crippen molar-refractivity contribution in [3.63, 3.8) is 0 Å². The largest absolute Gasteiger partial charge is 0.367 e. The molecule has 0 saturated carbocycles. The van der Waals surface area contributed by atoms with Gasteiger partial charge >= 0.3 is 0 Å². The molecule has 4 heteroatoms. The molecular weight excluding hydrogens is 324 g/mol. The molecule has 0 radical (unpaired) electrons. The van der Waals surface area contributed by atoms with Gasteiger partial charge in [-0.1, -0.05) is 60.7 Å². The van der Waals surface area contributed by atoms with Crippen molar-refractivity contribution in [2.45, 2.75) is 45.3 Å². The minimum Gasteiger partial charge on any atom is -0.367 e. The van der Waals surface area contributed by atoms with Crippen LogP contribution in [0.3, 0.4) is 0 Å². The molecule has 0 aliphatic carbocycles. The van der Waals surface area contributed by atoms with Crippen molar-refractivity contribution in [1.29, 1.82) is 0 Å². The maximum atomic E-state index is 10.6. The third kappa shape index (κ3) is 4.92. The molecule has 1 heterocycles. The highest BCUT2D eigenvalue weighted by atomic mass is 16.6. The van der Waals surface area contributed by atoms with E-state index in [2.05, 4.69) is 65.3 Å². The molecule has 2 aromatic rings. The number of hydrogen-bond donors (Lipinski definition) is 1. The Hall–Kier alpha value is -1.72. The molecule has 3 atom stereocenters. The molecule has 3 rings (SSSR count). The van der Waals surface area contributed by atoms with Crippen molar-refractivity contribution in [3.8, 4) is 0 Å². The Morgan fingerprint density at radius 3 is 2.12 bits per heavy atom. The zero-order valence-electron chi connectivity index (χ0n) is 15.8. The highest BCUT2D eigenvalue weighted by Gasteiger charge is 2.36. The van der Waals surface area contributed by atoms with E-state index < -0.39 is 6.29 Å². The first-order chi connectivity index (χ1) is 12.7. The molecular formula is C22H30N2O2. The Kier molecular flexibility index (Phi) is 6.80. The van der Waals surface area contributed by atoms with E-state index in [1.54, 1.807) is 0 Å². The minimum absolute atomic E-state index is 0.0392. The van der Waals surface area contributed by atoms with Crippen LogP contribution in [-0.2, 0) is 17.8 Å². The van der Waals surface area contributed by atoms with Gasteiger partial charge in [0.2, 0.25) is 0 Å². The van der Waals surface area contributed by atoms with Crippen molar-refractivity contribution in [2.75, 3.05) is 19.7 Å². The number of aliphatic hydroxyl groups excluding tert-OH is 1. The van der Waals surface area contributed by atoms with Crippen molar-refractivity contribution in [2.24, 2.45) is 0 Å². The molecule has 3 unspecified atom stereocenters. The summed E-state index contributed by atoms with van der Waals surface area (Å²) in [7, 11) is 0. The van der Waals surface area contributed by atoms with Crippen molar-refractivity contribution in [3.05, 3.63) is 71.8 Å². The fourth-order valence-corrected chi connectivity index (χ4v) is 3.82. The van der Waals surface area contributed by atoms with E-state index in [9.17, 15) is 5.11 Å². The van der Waals surface area contributed by atoms with Gasteiger partial charge in [-0.25, -0.2) is 0 Å². The predicted molar refractivity (Wildman–Crippen MR) is 105 cm³/mol. The fourth-order valence-electron chi connectivity index (χ4n) is 3.82. The van der Waals surface area contributed by atoms with Crippen LogP contribution in [0.25, 0.3) is 0 Å². The van der Waals surface area contributed by atoms with Crippen LogP contribution in [0, 0.1) is 0 Å². The molecule has 0 aromatic heterocycles. The van der Waals surface area contributed by atoms with Crippen LogP contribution in [0.4, 0.5) is 0 Å². The first-order valence-electron chi connectivity index (χ1n) is 9.53. The molecule has 2 aromatic carbocycles. The van der Waals surface area contributed by atoms with Crippen molar-refractivity contribution >= 4 is 0 Å². The topological polar surface area (TPSA) is 35.9 Å². The number of aliphatic hydroxyl groups is 1. The van der Waals surface area contributed by atoms with Crippen LogP contribution in [0.2, 0.25) is 0 Å². The SMILES string of the molecule is CCOC(O)C1CN(Cc2ccccc2)CC(C)N1Cc1ccccc1. The van der Waals surface area contributed by atoms with Gasteiger partial charge < -0.3 is 9.84 Å². The highest BCUT2D eigenvalue weighted by molar-refractivity contribution is 5.16. The van der Waals surface area contributed by atoms with E-state index in [1.165, 1.54) is 11.1 Å². The normalized spacial score (nSPS) is 23.0. The average molecular weight is 354 g/mol. The summed E-state index contributed by atoms with van der Waals surface area (Å²) in [6.07, 6.45) is -0.773. The molecule has 0 spiro atoms. The Labute approximate surface area is 157 Å². The molecule has 26 heavy (non-hydrogen) atoms. The zero-order chi connectivity index (χ0) is 18.4. The zero-order valence-corrected chi connectivity index (χ0v) is 15.8. The molecule has 0 bridgehead atoms. The van der Waals surface area contributed by atoms with Gasteiger partial charge in [0.1, 0.15) is 0 Å². The number of nitrogens with zero attached hydrogens (tertiary/aromatic N) is 2. The standard InChI is InChI=1S/C22H30N2O2/c1-3-26-22(25)21-17-23(15-19-10-6-4-7-11-19)14-18(2)24(21)16-20-12-8-5-9-13-20/h4-13,18,21-22,25H,3,14-17H2,1-2H3. The van der Waals surface area contributed by atoms with Crippen molar-refractivity contribution in [1.82, 2.24) is 9.80 Å². The number of hydrogen-bond acceptors (Lipinski definition) is 4. The van der Waals surface area contributed by atoms with Gasteiger partial charge in [0.25, 0.3) is 0 Å². The van der Waals surface area contributed by atoms with Crippen LogP contribution >= 0.6 is 0 Å². The van der Waals surface area contributed by atoms with Gasteiger partial charge in [-0.3, -0.25) is 9.80 Å². The van der Waals surface area contributed by atoms with E-state index in [-0.39, 0.29) is 6.04 Å². The predicted octanol–water partition coefficient (Wildman–Crippen LogP) is 3.12. The van der Waals surface area contributed by atoms with Gasteiger partial charge in [0, 0.05) is 38.8 Å². The number of rotatable bonds is 7. The van der Waals surface area contributed by atoms with E-state index in [1.807, 2.05) is 19.1 Å². The Bertz CT molecular complexity index is 650. The van der Waals surface area contributed by atoms with E-state index in [0.29, 0.717) is 12.6 Å². The first kappa shape index (κ1) is 19.1. The Balaban J connectivity index is 1.74. The summed E-state index contributed by atoms with van der Waals surface area (Å²) in [5.41, 5.74) is 2.57. The first-order valence-corrected chi connectivity index (χ1v) is 9.53. The van der Waals surface area contributed by atoms with Crippen LogP contribution in [-0.4, -0.2) is 53.0 Å². The molecule has 4 nitrogen and oxygen atoms in total. The lowest BCUT2D eigenvalue weighted by atomic mass is 10.0. The lowest BCUT2D eigenvalue weighted by Crippen LogP contribution is -2.61. The van der Waals surface area contributed by atoms with E-state index >= 15 is 0 Å². The quantitative estimate of drug-likeness (QED) is 0.775. The van der Waals surface area contributed by atoms with Gasteiger partial charge in [0.15, 0.2) is 6.29 Å². The van der Waals surface area contributed by atoms with Crippen LogP contribution in [0.1, 0.15) is 25.0 Å². The lowest BCUT2D eigenvalue weighted by molar-refractivity contribution is -0.166. The Morgan fingerprint density at radius 2 is 1.54 bits per heavy atom. The third-order valence-corrected chi connectivity index (χ3v) is 5.08. The van der Waals surface area contributed by atoms with E-state index in [4.69, 9.17) is 4.74 Å². The second kappa shape index (κ2) is 9.28. The summed E-state index contributed by atoms with van der Waals surface area (Å²) < 4.78 is 5.58. The van der Waals surface area contributed by atoms with Gasteiger partial charge in [-0.15, -0.1) is 0 Å². The maximum absolute atomic E-state index is 10.6. The minimum atomic E-state index is -0.773. The van der Waals surface area contributed by atoms with Crippen LogP contribution in [0.5, 0.6) is 0 Å². The Morgan fingerprint density at radius 1 is 0.962 bits per heavy atom. The van der Waals surface area contributed by atoms with Crippen molar-refractivity contribution < 1.29 is 9.84 Å². The highest BCUT2D eigenvalue weighted by Crippen LogP contribution is 2.23. The molecule has 140 valence electrons. The maximum Gasteiger partial charge on any atom is 0.171 e. The molecule has 0 amide bonds. The third-order valence-electron chi connectivity index (χ3n) is 5.08. The van der Waals surface area contributed by atoms with Gasteiger partial charge in [-0.05, 0) is 25.0 Å². The van der Waals surface area contributed by atoms with Crippen LogP contribution in [0.15, 0.2) is 60.7 Å². The second-order valence-corrected chi connectivity index (χ2v) is 7.10. The number of piperazine rings is 1. The summed E-state index contributed by atoms with van der Waals surface area (Å²) in [5, 5.41) is 10.6. The molecule has 1 aliphatic heterocycles. The summed E-state index contributed by atoms with van der Waals surface area (Å²) in [6, 6.07) is 21.3. The number of ether oxygens (including phenoxy) is 1. The summed E-state index contributed by atoms with van der Waals surface area (Å²) in [5.74, 6) is 0. The molecule has 1 N–H and O–H groups in total. The van der Waals surface area contributed by atoms with Gasteiger partial charge in [0.05, 0.1) is 6.04 Å². The summed E-state index contributed by atoms with van der Waals surface area (Å²) >= 11 is 0. The average Bonchev–Trinajstić information content (AvgIpc) is 2.65. The molecule has 1 saturated heterocycles. The smallest absolute Gasteiger partial charge is 0.171 e. The fraction of sp³-hybridized carbons (Fsp3) is 0.455. The molecule has 1 fully saturated rings. The lowest BCUT2D eigenvalue weighted by Gasteiger charge is -2.47. The monoisotopic (exact) mass is 354 g/mol. The second-order valence-electron chi connectivity index (χ2n) is 7.10.